The fourth-order valence-corrected chi connectivity index (χ4v) is 2.73. The van der Waals surface area contributed by atoms with E-state index in [2.05, 4.69) is 19.9 Å². The number of nitrogens with one attached hydrogen (secondary N) is 1. The first-order valence-electron chi connectivity index (χ1n) is 5.48. The molecule has 5 heteroatoms. The zero-order valence-electron chi connectivity index (χ0n) is 9.13. The molecule has 1 N–H and O–H groups in total. The van der Waals surface area contributed by atoms with Crippen LogP contribution in [0.15, 0.2) is 24.1 Å². The van der Waals surface area contributed by atoms with Gasteiger partial charge in [0.2, 0.25) is 0 Å². The first-order chi connectivity index (χ1) is 7.90. The molecule has 2 aromatic heterocycles. The van der Waals surface area contributed by atoms with E-state index in [4.69, 9.17) is 0 Å². The zero-order valence-corrected chi connectivity index (χ0v) is 9.94. The molecule has 1 fully saturated rings. The number of nitrogens with zero attached hydrogens (tertiary/aromatic N) is 3. The van der Waals surface area contributed by atoms with Crippen LogP contribution in [-0.2, 0) is 0 Å². The normalized spacial score (nSPS) is 17.6. The molecule has 1 aliphatic rings. The number of imidazole rings is 1. The zero-order chi connectivity index (χ0) is 11.0. The molecule has 0 bridgehead atoms. The maximum absolute atomic E-state index is 4.38. The third-order valence-electron chi connectivity index (χ3n) is 2.92. The van der Waals surface area contributed by atoms with E-state index in [0.29, 0.717) is 6.04 Å². The van der Waals surface area contributed by atoms with E-state index in [1.54, 1.807) is 11.3 Å². The third kappa shape index (κ3) is 1.66. The first kappa shape index (κ1) is 9.99. The van der Waals surface area contributed by atoms with Gasteiger partial charge in [-0.15, -0.1) is 11.3 Å². The van der Waals surface area contributed by atoms with Crippen LogP contribution in [0.25, 0.3) is 0 Å². The van der Waals surface area contributed by atoms with Gasteiger partial charge in [0.05, 0.1) is 18.2 Å². The van der Waals surface area contributed by atoms with Crippen molar-refractivity contribution < 1.29 is 0 Å². The van der Waals surface area contributed by atoms with E-state index in [9.17, 15) is 0 Å². The smallest absolute Gasteiger partial charge is 0.116 e. The Balaban J connectivity index is 1.96. The summed E-state index contributed by atoms with van der Waals surface area (Å²) in [5.74, 6) is 0. The monoisotopic (exact) mass is 234 g/mol. The van der Waals surface area contributed by atoms with E-state index in [0.717, 1.165) is 5.01 Å². The van der Waals surface area contributed by atoms with Crippen molar-refractivity contribution in [2.75, 3.05) is 7.05 Å². The largest absolute Gasteiger partial charge is 0.330 e. The van der Waals surface area contributed by atoms with Crippen LogP contribution in [-0.4, -0.2) is 21.6 Å². The molecular formula is C11H14N4S. The summed E-state index contributed by atoms with van der Waals surface area (Å²) in [7, 11) is 1.97. The van der Waals surface area contributed by atoms with E-state index in [1.807, 2.05) is 31.1 Å². The lowest BCUT2D eigenvalue weighted by atomic mass is 10.2. The molecule has 1 atom stereocenters. The Labute approximate surface area is 98.4 Å². The Morgan fingerprint density at radius 2 is 2.44 bits per heavy atom. The molecule has 0 aromatic carbocycles. The molecule has 2 aromatic rings. The van der Waals surface area contributed by atoms with Gasteiger partial charge in [-0.1, -0.05) is 0 Å². The van der Waals surface area contributed by atoms with Crippen molar-refractivity contribution in [2.45, 2.75) is 24.9 Å². The molecule has 0 amide bonds. The van der Waals surface area contributed by atoms with Crippen LogP contribution >= 0.6 is 11.3 Å². The predicted octanol–water partition coefficient (Wildman–Crippen LogP) is 1.98. The Kier molecular flexibility index (Phi) is 2.49. The van der Waals surface area contributed by atoms with Crippen molar-refractivity contribution in [2.24, 2.45) is 0 Å². The first-order valence-corrected chi connectivity index (χ1v) is 6.36. The number of hydrogen-bond donors (Lipinski definition) is 1. The lowest BCUT2D eigenvalue weighted by Crippen LogP contribution is -2.20. The highest BCUT2D eigenvalue weighted by Crippen LogP contribution is 2.37. The lowest BCUT2D eigenvalue weighted by Gasteiger charge is -2.15. The topological polar surface area (TPSA) is 42.7 Å². The van der Waals surface area contributed by atoms with Crippen molar-refractivity contribution in [3.8, 4) is 0 Å². The van der Waals surface area contributed by atoms with Gasteiger partial charge in [-0.25, -0.2) is 9.97 Å². The molecular weight excluding hydrogens is 220 g/mol. The Morgan fingerprint density at radius 3 is 3.06 bits per heavy atom. The molecule has 0 saturated heterocycles. The second-order valence-corrected chi connectivity index (χ2v) is 4.98. The predicted molar refractivity (Wildman–Crippen MR) is 63.5 cm³/mol. The van der Waals surface area contributed by atoms with Crippen LogP contribution in [0.4, 0.5) is 0 Å². The molecule has 0 aliphatic heterocycles. The SMILES string of the molecule is CNC(c1nccs1)c1cncn1C1CC1. The van der Waals surface area contributed by atoms with Crippen LogP contribution in [0, 0.1) is 0 Å². The van der Waals surface area contributed by atoms with Gasteiger partial charge in [0, 0.05) is 17.6 Å². The maximum Gasteiger partial charge on any atom is 0.116 e. The fraction of sp³-hybridized carbons (Fsp3) is 0.455. The van der Waals surface area contributed by atoms with E-state index >= 15 is 0 Å². The minimum absolute atomic E-state index is 0.170. The summed E-state index contributed by atoms with van der Waals surface area (Å²) in [6.45, 7) is 0. The minimum atomic E-state index is 0.170. The van der Waals surface area contributed by atoms with Gasteiger partial charge >= 0.3 is 0 Å². The molecule has 1 saturated carbocycles. The van der Waals surface area contributed by atoms with Crippen molar-refractivity contribution in [1.82, 2.24) is 19.9 Å². The van der Waals surface area contributed by atoms with E-state index < -0.39 is 0 Å². The van der Waals surface area contributed by atoms with Crippen LogP contribution in [0.2, 0.25) is 0 Å². The standard InChI is InChI=1S/C11H14N4S/c1-12-10(11-14-4-5-16-11)9-6-13-7-15(9)8-2-3-8/h4-8,10,12H,2-3H2,1H3. The third-order valence-corrected chi connectivity index (χ3v) is 3.76. The number of rotatable bonds is 4. The van der Waals surface area contributed by atoms with Crippen LogP contribution in [0.1, 0.15) is 35.6 Å². The fourth-order valence-electron chi connectivity index (χ4n) is 1.97. The second-order valence-electron chi connectivity index (χ2n) is 4.05. The van der Waals surface area contributed by atoms with Gasteiger partial charge in [0.25, 0.3) is 0 Å². The molecule has 3 rings (SSSR count). The minimum Gasteiger partial charge on any atom is -0.330 e. The molecule has 84 valence electrons. The van der Waals surface area contributed by atoms with Gasteiger partial charge in [-0.05, 0) is 19.9 Å². The van der Waals surface area contributed by atoms with Crippen LogP contribution in [0.3, 0.4) is 0 Å². The van der Waals surface area contributed by atoms with Gasteiger partial charge in [0.15, 0.2) is 0 Å². The molecule has 0 spiro atoms. The highest BCUT2D eigenvalue weighted by atomic mass is 32.1. The molecule has 0 radical (unpaired) electrons. The lowest BCUT2D eigenvalue weighted by molar-refractivity contribution is 0.599. The van der Waals surface area contributed by atoms with Crippen LogP contribution < -0.4 is 5.32 Å². The maximum atomic E-state index is 4.38. The van der Waals surface area contributed by atoms with Gasteiger partial charge in [-0.2, -0.15) is 0 Å². The summed E-state index contributed by atoms with van der Waals surface area (Å²) >= 11 is 1.68. The Hall–Kier alpha value is -1.20. The van der Waals surface area contributed by atoms with Crippen molar-refractivity contribution in [1.29, 1.82) is 0 Å². The highest BCUT2D eigenvalue weighted by Gasteiger charge is 2.28. The second kappa shape index (κ2) is 3.99. The van der Waals surface area contributed by atoms with E-state index in [-0.39, 0.29) is 6.04 Å². The molecule has 1 aliphatic carbocycles. The average molecular weight is 234 g/mol. The number of aromatic nitrogens is 3. The molecule has 4 nitrogen and oxygen atoms in total. The summed E-state index contributed by atoms with van der Waals surface area (Å²) in [5.41, 5.74) is 1.22. The average Bonchev–Trinajstić information content (AvgIpc) is 2.83. The summed E-state index contributed by atoms with van der Waals surface area (Å²) in [5, 5.41) is 6.43. The highest BCUT2D eigenvalue weighted by molar-refractivity contribution is 7.09. The summed E-state index contributed by atoms with van der Waals surface area (Å²) in [6, 6.07) is 0.830. The summed E-state index contributed by atoms with van der Waals surface area (Å²) < 4.78 is 2.28. The molecule has 1 unspecified atom stereocenters. The summed E-state index contributed by atoms with van der Waals surface area (Å²) in [6.07, 6.45) is 8.28. The van der Waals surface area contributed by atoms with Gasteiger partial charge < -0.3 is 9.88 Å². The van der Waals surface area contributed by atoms with Crippen LogP contribution in [0.5, 0.6) is 0 Å². The van der Waals surface area contributed by atoms with E-state index in [1.165, 1.54) is 18.5 Å². The Bertz CT molecular complexity index is 458. The van der Waals surface area contributed by atoms with Gasteiger partial charge in [-0.3, -0.25) is 0 Å². The van der Waals surface area contributed by atoms with Crippen molar-refractivity contribution >= 4 is 11.3 Å². The number of thiazole rings is 1. The molecule has 2 heterocycles. The Morgan fingerprint density at radius 1 is 1.56 bits per heavy atom. The summed E-state index contributed by atoms with van der Waals surface area (Å²) in [4.78, 5) is 8.64. The quantitative estimate of drug-likeness (QED) is 0.879. The molecule has 16 heavy (non-hydrogen) atoms. The van der Waals surface area contributed by atoms with Crippen molar-refractivity contribution in [3.05, 3.63) is 34.8 Å². The number of hydrogen-bond acceptors (Lipinski definition) is 4. The van der Waals surface area contributed by atoms with Gasteiger partial charge in [0.1, 0.15) is 11.0 Å². The van der Waals surface area contributed by atoms with Crippen molar-refractivity contribution in [3.63, 3.8) is 0 Å².